The number of aliphatic hydroxyl groups is 1. The number of hydrogen-bond acceptors (Lipinski definition) is 3. The van der Waals surface area contributed by atoms with Crippen LogP contribution in [0.25, 0.3) is 0 Å². The number of rotatable bonds is 4. The van der Waals surface area contributed by atoms with Crippen LogP contribution in [-0.4, -0.2) is 34.7 Å². The molecule has 0 unspecified atom stereocenters. The van der Waals surface area contributed by atoms with Gasteiger partial charge in [-0.15, -0.1) is 0 Å². The Morgan fingerprint density at radius 3 is 2.53 bits per heavy atom. The first kappa shape index (κ1) is 13.0. The number of carboxylic acids is 1. The third-order valence-electron chi connectivity index (χ3n) is 1.96. The van der Waals surface area contributed by atoms with Crippen molar-refractivity contribution in [3.05, 3.63) is 35.4 Å². The summed E-state index contributed by atoms with van der Waals surface area (Å²) < 4.78 is 25.9. The fourth-order valence-corrected chi connectivity index (χ4v) is 1.09. The van der Waals surface area contributed by atoms with Crippen molar-refractivity contribution in [2.75, 3.05) is 6.61 Å². The lowest BCUT2D eigenvalue weighted by Gasteiger charge is -2.11. The number of carboxylic acid groups (broad SMARTS) is 1. The monoisotopic (exact) mass is 245 g/mol. The molecular weight excluding hydrogens is 236 g/mol. The molecule has 5 nitrogen and oxygen atoms in total. The van der Waals surface area contributed by atoms with Crippen LogP contribution in [0.15, 0.2) is 18.2 Å². The van der Waals surface area contributed by atoms with Gasteiger partial charge in [-0.3, -0.25) is 4.79 Å². The first-order chi connectivity index (χ1) is 7.95. The van der Waals surface area contributed by atoms with Crippen molar-refractivity contribution < 1.29 is 28.6 Å². The number of amides is 1. The van der Waals surface area contributed by atoms with Gasteiger partial charge < -0.3 is 15.5 Å². The summed E-state index contributed by atoms with van der Waals surface area (Å²) in [6, 6.07) is 0.650. The number of nitrogens with one attached hydrogen (secondary N) is 1. The summed E-state index contributed by atoms with van der Waals surface area (Å²) in [7, 11) is 0. The van der Waals surface area contributed by atoms with Crippen molar-refractivity contribution >= 4 is 11.9 Å². The van der Waals surface area contributed by atoms with Gasteiger partial charge in [0.25, 0.3) is 5.91 Å². The Balaban J connectivity index is 2.89. The van der Waals surface area contributed by atoms with E-state index in [1.165, 1.54) is 0 Å². The molecule has 1 aromatic carbocycles. The van der Waals surface area contributed by atoms with Crippen LogP contribution in [0.3, 0.4) is 0 Å². The number of hydrogen-bond donors (Lipinski definition) is 3. The van der Waals surface area contributed by atoms with E-state index in [2.05, 4.69) is 0 Å². The Morgan fingerprint density at radius 2 is 2.00 bits per heavy atom. The molecule has 0 spiro atoms. The van der Waals surface area contributed by atoms with Crippen LogP contribution in [0.1, 0.15) is 10.4 Å². The summed E-state index contributed by atoms with van der Waals surface area (Å²) in [4.78, 5) is 21.9. The summed E-state index contributed by atoms with van der Waals surface area (Å²) in [5.41, 5.74) is -0.621. The predicted molar refractivity (Wildman–Crippen MR) is 52.3 cm³/mol. The molecule has 92 valence electrons. The van der Waals surface area contributed by atoms with Gasteiger partial charge in [0.05, 0.1) is 12.2 Å². The van der Waals surface area contributed by atoms with Crippen molar-refractivity contribution in [1.29, 1.82) is 0 Å². The number of aliphatic carboxylic acids is 1. The minimum atomic E-state index is -1.56. The Hall–Kier alpha value is -2.02. The van der Waals surface area contributed by atoms with Gasteiger partial charge in [0.15, 0.2) is 6.04 Å². The molecule has 0 heterocycles. The van der Waals surface area contributed by atoms with Crippen LogP contribution in [-0.2, 0) is 4.79 Å². The maximum absolute atomic E-state index is 13.1. The summed E-state index contributed by atoms with van der Waals surface area (Å²) >= 11 is 0. The molecule has 0 fully saturated rings. The summed E-state index contributed by atoms with van der Waals surface area (Å²) in [6.07, 6.45) is 0. The van der Waals surface area contributed by atoms with E-state index in [-0.39, 0.29) is 0 Å². The van der Waals surface area contributed by atoms with Crippen molar-refractivity contribution in [2.24, 2.45) is 0 Å². The van der Waals surface area contributed by atoms with Crippen LogP contribution in [0, 0.1) is 11.6 Å². The molecular formula is C10H9F2NO4. The van der Waals surface area contributed by atoms with E-state index in [0.29, 0.717) is 6.07 Å². The Kier molecular flexibility index (Phi) is 4.11. The van der Waals surface area contributed by atoms with Gasteiger partial charge in [0, 0.05) is 0 Å². The normalized spacial score (nSPS) is 11.9. The maximum Gasteiger partial charge on any atom is 0.328 e. The van der Waals surface area contributed by atoms with Crippen molar-refractivity contribution in [3.63, 3.8) is 0 Å². The summed E-state index contributed by atoms with van der Waals surface area (Å²) in [6.45, 7) is -0.849. The second-order valence-electron chi connectivity index (χ2n) is 3.17. The lowest BCUT2D eigenvalue weighted by atomic mass is 10.2. The first-order valence-corrected chi connectivity index (χ1v) is 4.55. The zero-order chi connectivity index (χ0) is 13.0. The maximum atomic E-state index is 13.1. The second kappa shape index (κ2) is 5.35. The number of aliphatic hydroxyl groups excluding tert-OH is 1. The van der Waals surface area contributed by atoms with Crippen LogP contribution >= 0.6 is 0 Å². The molecule has 1 amide bonds. The standard InChI is InChI=1S/C10H9F2NO4/c11-5-1-2-7(12)6(3-5)9(15)13-8(4-14)10(16)17/h1-3,8,14H,4H2,(H,13,15)(H,16,17)/t8-/m1/s1. The van der Waals surface area contributed by atoms with Gasteiger partial charge in [0.2, 0.25) is 0 Å². The molecule has 1 rings (SSSR count). The molecule has 0 saturated heterocycles. The van der Waals surface area contributed by atoms with Gasteiger partial charge in [-0.25, -0.2) is 13.6 Å². The predicted octanol–water partition coefficient (Wildman–Crippen LogP) is 0.140. The Labute approximate surface area is 94.7 Å². The molecule has 0 saturated carbocycles. The highest BCUT2D eigenvalue weighted by Gasteiger charge is 2.21. The van der Waals surface area contributed by atoms with Crippen molar-refractivity contribution in [1.82, 2.24) is 5.32 Å². The van der Waals surface area contributed by atoms with Crippen LogP contribution in [0.5, 0.6) is 0 Å². The first-order valence-electron chi connectivity index (χ1n) is 4.55. The van der Waals surface area contributed by atoms with E-state index in [9.17, 15) is 18.4 Å². The van der Waals surface area contributed by atoms with E-state index < -0.39 is 41.7 Å². The fourth-order valence-electron chi connectivity index (χ4n) is 1.09. The fraction of sp³-hybridized carbons (Fsp3) is 0.200. The van der Waals surface area contributed by atoms with E-state index in [0.717, 1.165) is 12.1 Å². The smallest absolute Gasteiger partial charge is 0.328 e. The molecule has 0 aliphatic rings. The lowest BCUT2D eigenvalue weighted by Crippen LogP contribution is -2.43. The van der Waals surface area contributed by atoms with Gasteiger partial charge in [0.1, 0.15) is 11.6 Å². The highest BCUT2D eigenvalue weighted by atomic mass is 19.1. The van der Waals surface area contributed by atoms with Gasteiger partial charge in [-0.2, -0.15) is 0 Å². The molecule has 0 radical (unpaired) electrons. The number of halogens is 2. The van der Waals surface area contributed by atoms with Crippen LogP contribution in [0.4, 0.5) is 8.78 Å². The zero-order valence-electron chi connectivity index (χ0n) is 8.48. The molecule has 7 heteroatoms. The largest absolute Gasteiger partial charge is 0.480 e. The molecule has 1 aromatic rings. The number of carbonyl (C=O) groups is 2. The SMILES string of the molecule is O=C(N[C@H](CO)C(=O)O)c1cc(F)ccc1F. The minimum Gasteiger partial charge on any atom is -0.480 e. The molecule has 0 aliphatic heterocycles. The number of carbonyl (C=O) groups excluding carboxylic acids is 1. The quantitative estimate of drug-likeness (QED) is 0.704. The van der Waals surface area contributed by atoms with Crippen molar-refractivity contribution in [2.45, 2.75) is 6.04 Å². The van der Waals surface area contributed by atoms with Crippen molar-refractivity contribution in [3.8, 4) is 0 Å². The van der Waals surface area contributed by atoms with E-state index in [1.54, 1.807) is 0 Å². The summed E-state index contributed by atoms with van der Waals surface area (Å²) in [5.74, 6) is -4.39. The van der Waals surface area contributed by atoms with Crippen LogP contribution in [0.2, 0.25) is 0 Å². The molecule has 17 heavy (non-hydrogen) atoms. The summed E-state index contributed by atoms with van der Waals surface area (Å²) in [5, 5.41) is 19.1. The molecule has 1 atom stereocenters. The van der Waals surface area contributed by atoms with Gasteiger partial charge in [-0.05, 0) is 18.2 Å². The Bertz CT molecular complexity index is 450. The average molecular weight is 245 g/mol. The third kappa shape index (κ3) is 3.22. The third-order valence-corrected chi connectivity index (χ3v) is 1.96. The second-order valence-corrected chi connectivity index (χ2v) is 3.17. The zero-order valence-corrected chi connectivity index (χ0v) is 8.48. The average Bonchev–Trinajstić information content (AvgIpc) is 2.28. The highest BCUT2D eigenvalue weighted by molar-refractivity contribution is 5.96. The number of benzene rings is 1. The topological polar surface area (TPSA) is 86.6 Å². The molecule has 3 N–H and O–H groups in total. The molecule has 0 aliphatic carbocycles. The van der Waals surface area contributed by atoms with Crippen LogP contribution < -0.4 is 5.32 Å². The lowest BCUT2D eigenvalue weighted by molar-refractivity contribution is -0.140. The molecule has 0 aromatic heterocycles. The Morgan fingerprint density at radius 1 is 1.35 bits per heavy atom. The van der Waals surface area contributed by atoms with E-state index >= 15 is 0 Å². The van der Waals surface area contributed by atoms with Gasteiger partial charge >= 0.3 is 5.97 Å². The van der Waals surface area contributed by atoms with E-state index in [1.807, 2.05) is 5.32 Å². The molecule has 0 bridgehead atoms. The van der Waals surface area contributed by atoms with Gasteiger partial charge in [-0.1, -0.05) is 0 Å². The van der Waals surface area contributed by atoms with E-state index in [4.69, 9.17) is 10.2 Å². The highest BCUT2D eigenvalue weighted by Crippen LogP contribution is 2.09. The minimum absolute atomic E-state index is 0.621.